The van der Waals surface area contributed by atoms with Crippen molar-refractivity contribution in [2.24, 2.45) is 11.8 Å². The third-order valence-corrected chi connectivity index (χ3v) is 3.76. The van der Waals surface area contributed by atoms with E-state index in [1.165, 1.54) is 5.56 Å². The summed E-state index contributed by atoms with van der Waals surface area (Å²) in [5, 5.41) is 3.14. The van der Waals surface area contributed by atoms with Gasteiger partial charge in [0.1, 0.15) is 0 Å². The summed E-state index contributed by atoms with van der Waals surface area (Å²) in [4.78, 5) is 11.9. The largest absolute Gasteiger partial charge is 0.352 e. The van der Waals surface area contributed by atoms with E-state index in [2.05, 4.69) is 43.4 Å². The van der Waals surface area contributed by atoms with Crippen LogP contribution in [0.5, 0.6) is 0 Å². The van der Waals surface area contributed by atoms with Crippen molar-refractivity contribution in [3.05, 3.63) is 35.9 Å². The molecule has 1 N–H and O–H groups in total. The summed E-state index contributed by atoms with van der Waals surface area (Å²) in [7, 11) is 0. The summed E-state index contributed by atoms with van der Waals surface area (Å²) in [6, 6.07) is 10.8. The maximum Gasteiger partial charge on any atom is 0.223 e. The molecule has 1 unspecified atom stereocenters. The van der Waals surface area contributed by atoms with E-state index in [4.69, 9.17) is 0 Å². The highest BCUT2D eigenvalue weighted by atomic mass is 16.2. The monoisotopic (exact) mass is 231 g/mol. The number of nitrogens with one attached hydrogen (secondary N) is 1. The van der Waals surface area contributed by atoms with Crippen LogP contribution in [0.3, 0.4) is 0 Å². The van der Waals surface area contributed by atoms with Crippen molar-refractivity contribution in [3.63, 3.8) is 0 Å². The molecule has 17 heavy (non-hydrogen) atoms. The first-order chi connectivity index (χ1) is 8.09. The summed E-state index contributed by atoms with van der Waals surface area (Å²) < 4.78 is 0. The molecule has 0 aliphatic heterocycles. The average Bonchev–Trinajstić information content (AvgIpc) is 3.08. The molecule has 1 aromatic rings. The number of benzene rings is 1. The molecule has 0 aromatic heterocycles. The molecule has 1 aromatic carbocycles. The Labute approximate surface area is 103 Å². The molecule has 3 atom stereocenters. The van der Waals surface area contributed by atoms with E-state index in [1.54, 1.807) is 0 Å². The first kappa shape index (κ1) is 12.2. The van der Waals surface area contributed by atoms with Crippen LogP contribution in [0.2, 0.25) is 0 Å². The number of carbonyl (C=O) groups excluding carboxylic acids is 1. The highest BCUT2D eigenvalue weighted by Gasteiger charge is 2.39. The van der Waals surface area contributed by atoms with E-state index >= 15 is 0 Å². The summed E-state index contributed by atoms with van der Waals surface area (Å²) in [5.74, 6) is 1.24. The summed E-state index contributed by atoms with van der Waals surface area (Å²) in [6.07, 6.45) is 1.08. The molecule has 0 spiro atoms. The Morgan fingerprint density at radius 3 is 2.47 bits per heavy atom. The quantitative estimate of drug-likeness (QED) is 0.848. The van der Waals surface area contributed by atoms with Gasteiger partial charge in [-0.15, -0.1) is 0 Å². The molecule has 0 saturated heterocycles. The van der Waals surface area contributed by atoms with Crippen molar-refractivity contribution in [1.82, 2.24) is 5.32 Å². The van der Waals surface area contributed by atoms with Crippen molar-refractivity contribution in [3.8, 4) is 0 Å². The van der Waals surface area contributed by atoms with Gasteiger partial charge in [-0.25, -0.2) is 0 Å². The first-order valence-electron chi connectivity index (χ1n) is 6.45. The van der Waals surface area contributed by atoms with E-state index in [0.29, 0.717) is 17.9 Å². The van der Waals surface area contributed by atoms with E-state index < -0.39 is 0 Å². The standard InChI is InChI=1S/C15H21NO/c1-10(2)11(3)15(17)16-14-9-13(14)12-7-5-4-6-8-12/h4-8,10-11,13-14H,9H2,1-3H3,(H,16,17)/t11?,13-,14+/m1/s1. The molecule has 0 radical (unpaired) electrons. The lowest BCUT2D eigenvalue weighted by molar-refractivity contribution is -0.125. The van der Waals surface area contributed by atoms with E-state index in [1.807, 2.05) is 13.0 Å². The van der Waals surface area contributed by atoms with Gasteiger partial charge >= 0.3 is 0 Å². The molecule has 1 saturated carbocycles. The highest BCUT2D eigenvalue weighted by molar-refractivity contribution is 5.79. The average molecular weight is 231 g/mol. The van der Waals surface area contributed by atoms with Gasteiger partial charge in [-0.2, -0.15) is 0 Å². The lowest BCUT2D eigenvalue weighted by atomic mass is 9.97. The molecule has 92 valence electrons. The lowest BCUT2D eigenvalue weighted by Gasteiger charge is -2.15. The van der Waals surface area contributed by atoms with Crippen molar-refractivity contribution < 1.29 is 4.79 Å². The van der Waals surface area contributed by atoms with E-state index in [-0.39, 0.29) is 11.8 Å². The maximum atomic E-state index is 11.9. The Kier molecular flexibility index (Phi) is 3.51. The number of rotatable bonds is 4. The van der Waals surface area contributed by atoms with Crippen molar-refractivity contribution in [2.75, 3.05) is 0 Å². The molecule has 0 heterocycles. The second kappa shape index (κ2) is 4.91. The van der Waals surface area contributed by atoms with Crippen LogP contribution in [0.15, 0.2) is 30.3 Å². The van der Waals surface area contributed by atoms with Gasteiger partial charge in [-0.3, -0.25) is 4.79 Å². The molecule has 2 heteroatoms. The fourth-order valence-electron chi connectivity index (χ4n) is 2.04. The van der Waals surface area contributed by atoms with Crippen molar-refractivity contribution in [1.29, 1.82) is 0 Å². The molecule has 1 amide bonds. The second-order valence-corrected chi connectivity index (χ2v) is 5.40. The predicted octanol–water partition coefficient (Wildman–Crippen LogP) is 2.95. The van der Waals surface area contributed by atoms with Gasteiger partial charge in [0, 0.05) is 17.9 Å². The molecule has 0 bridgehead atoms. The molecule has 2 rings (SSSR count). The number of amides is 1. The highest BCUT2D eigenvalue weighted by Crippen LogP contribution is 2.40. The number of hydrogen-bond donors (Lipinski definition) is 1. The van der Waals surface area contributed by atoms with Gasteiger partial charge in [0.25, 0.3) is 0 Å². The summed E-state index contributed by atoms with van der Waals surface area (Å²) in [6.45, 7) is 6.18. The minimum absolute atomic E-state index is 0.104. The third kappa shape index (κ3) is 2.87. The Balaban J connectivity index is 1.86. The van der Waals surface area contributed by atoms with Gasteiger partial charge in [-0.1, -0.05) is 51.1 Å². The van der Waals surface area contributed by atoms with Crippen LogP contribution in [0.4, 0.5) is 0 Å². The summed E-state index contributed by atoms with van der Waals surface area (Å²) >= 11 is 0. The zero-order chi connectivity index (χ0) is 12.4. The van der Waals surface area contributed by atoms with Crippen LogP contribution in [-0.2, 0) is 4.79 Å². The smallest absolute Gasteiger partial charge is 0.223 e. The zero-order valence-electron chi connectivity index (χ0n) is 10.8. The summed E-state index contributed by atoms with van der Waals surface area (Å²) in [5.41, 5.74) is 1.34. The number of carbonyl (C=O) groups is 1. The molecular weight excluding hydrogens is 210 g/mol. The van der Waals surface area contributed by atoms with Gasteiger partial charge in [-0.05, 0) is 17.9 Å². The predicted molar refractivity (Wildman–Crippen MR) is 69.7 cm³/mol. The van der Waals surface area contributed by atoms with E-state index in [9.17, 15) is 4.79 Å². The van der Waals surface area contributed by atoms with Crippen LogP contribution in [0.25, 0.3) is 0 Å². The van der Waals surface area contributed by atoms with Crippen LogP contribution in [0.1, 0.15) is 38.7 Å². The topological polar surface area (TPSA) is 29.1 Å². The maximum absolute atomic E-state index is 11.9. The lowest BCUT2D eigenvalue weighted by Crippen LogP contribution is -2.33. The minimum atomic E-state index is 0.104. The van der Waals surface area contributed by atoms with Gasteiger partial charge in [0.05, 0.1) is 0 Å². The Bertz CT molecular complexity index is 385. The third-order valence-electron chi connectivity index (χ3n) is 3.76. The fourth-order valence-corrected chi connectivity index (χ4v) is 2.04. The second-order valence-electron chi connectivity index (χ2n) is 5.40. The number of hydrogen-bond acceptors (Lipinski definition) is 1. The van der Waals surface area contributed by atoms with Crippen LogP contribution >= 0.6 is 0 Å². The molecule has 2 nitrogen and oxygen atoms in total. The first-order valence-corrected chi connectivity index (χ1v) is 6.45. The molecular formula is C15H21NO. The minimum Gasteiger partial charge on any atom is -0.352 e. The Hall–Kier alpha value is -1.31. The van der Waals surface area contributed by atoms with Crippen LogP contribution in [0, 0.1) is 11.8 Å². The molecule has 1 aliphatic rings. The van der Waals surface area contributed by atoms with Crippen molar-refractivity contribution in [2.45, 2.75) is 39.2 Å². The Morgan fingerprint density at radius 2 is 1.88 bits per heavy atom. The Morgan fingerprint density at radius 1 is 1.24 bits per heavy atom. The normalized spacial score (nSPS) is 24.5. The van der Waals surface area contributed by atoms with Gasteiger partial charge in [0.2, 0.25) is 5.91 Å². The van der Waals surface area contributed by atoms with Gasteiger partial charge in [0.15, 0.2) is 0 Å². The van der Waals surface area contributed by atoms with Crippen molar-refractivity contribution >= 4 is 5.91 Å². The van der Waals surface area contributed by atoms with Crippen LogP contribution in [-0.4, -0.2) is 11.9 Å². The zero-order valence-corrected chi connectivity index (χ0v) is 10.8. The van der Waals surface area contributed by atoms with Crippen LogP contribution < -0.4 is 5.32 Å². The molecule has 1 aliphatic carbocycles. The van der Waals surface area contributed by atoms with E-state index in [0.717, 1.165) is 6.42 Å². The van der Waals surface area contributed by atoms with Gasteiger partial charge < -0.3 is 5.32 Å². The molecule has 1 fully saturated rings. The fraction of sp³-hybridized carbons (Fsp3) is 0.533. The SMILES string of the molecule is CC(C)C(C)C(=O)N[C@H]1C[C@@H]1c1ccccc1.